The summed E-state index contributed by atoms with van der Waals surface area (Å²) in [5, 5.41) is 5.08. The van der Waals surface area contributed by atoms with Crippen molar-refractivity contribution in [3.63, 3.8) is 0 Å². The van der Waals surface area contributed by atoms with Crippen molar-refractivity contribution >= 4 is 23.2 Å². The van der Waals surface area contributed by atoms with Crippen molar-refractivity contribution in [1.82, 2.24) is 14.8 Å². The van der Waals surface area contributed by atoms with Gasteiger partial charge in [-0.2, -0.15) is 5.10 Å². The summed E-state index contributed by atoms with van der Waals surface area (Å²) < 4.78 is 1.80. The van der Waals surface area contributed by atoms with Gasteiger partial charge in [-0.05, 0) is 37.5 Å². The quantitative estimate of drug-likeness (QED) is 0.802. The van der Waals surface area contributed by atoms with Gasteiger partial charge in [-0.25, -0.2) is 9.67 Å². The summed E-state index contributed by atoms with van der Waals surface area (Å²) in [6.45, 7) is 6.16. The van der Waals surface area contributed by atoms with E-state index in [1.165, 1.54) is 5.56 Å². The molecule has 2 aromatic rings. The van der Waals surface area contributed by atoms with Gasteiger partial charge in [0.1, 0.15) is 0 Å². The number of pyridine rings is 1. The zero-order chi connectivity index (χ0) is 13.3. The van der Waals surface area contributed by atoms with Crippen molar-refractivity contribution in [3.8, 4) is 5.82 Å². The van der Waals surface area contributed by atoms with Gasteiger partial charge in [0, 0.05) is 17.8 Å². The summed E-state index contributed by atoms with van der Waals surface area (Å²) in [7, 11) is 0. The largest absolute Gasteiger partial charge is 0.235 e. The summed E-state index contributed by atoms with van der Waals surface area (Å²) in [6.07, 6.45) is 2.69. The molecule has 5 heteroatoms. The first-order valence-corrected chi connectivity index (χ1v) is 6.75. The van der Waals surface area contributed by atoms with E-state index in [1.54, 1.807) is 10.9 Å². The molecule has 2 rings (SSSR count). The first-order valence-electron chi connectivity index (χ1n) is 5.84. The van der Waals surface area contributed by atoms with E-state index in [9.17, 15) is 0 Å². The van der Waals surface area contributed by atoms with Crippen molar-refractivity contribution in [2.75, 3.05) is 0 Å². The van der Waals surface area contributed by atoms with Crippen LogP contribution in [0.25, 0.3) is 5.82 Å². The maximum absolute atomic E-state index is 6.24. The predicted molar refractivity (Wildman–Crippen MR) is 74.8 cm³/mol. The molecule has 0 atom stereocenters. The van der Waals surface area contributed by atoms with Crippen molar-refractivity contribution < 1.29 is 0 Å². The fourth-order valence-electron chi connectivity index (χ4n) is 2.09. The van der Waals surface area contributed by atoms with E-state index in [-0.39, 0.29) is 0 Å². The maximum Gasteiger partial charge on any atom is 0.172 e. The van der Waals surface area contributed by atoms with Crippen LogP contribution in [0.3, 0.4) is 0 Å². The topological polar surface area (TPSA) is 30.7 Å². The number of hydrogen-bond donors (Lipinski definition) is 0. The van der Waals surface area contributed by atoms with Crippen LogP contribution in [-0.4, -0.2) is 14.8 Å². The lowest BCUT2D eigenvalue weighted by Gasteiger charge is -2.07. The van der Waals surface area contributed by atoms with E-state index in [4.69, 9.17) is 23.2 Å². The van der Waals surface area contributed by atoms with Gasteiger partial charge < -0.3 is 0 Å². The predicted octanol–water partition coefficient (Wildman–Crippen LogP) is 3.84. The number of halogens is 2. The Labute approximate surface area is 117 Å². The van der Waals surface area contributed by atoms with Crippen LogP contribution >= 0.6 is 23.2 Å². The molecule has 0 saturated carbocycles. The number of hydrogen-bond acceptors (Lipinski definition) is 2. The molecule has 0 radical (unpaired) electrons. The van der Waals surface area contributed by atoms with Gasteiger partial charge in [0.25, 0.3) is 0 Å². The number of alkyl halides is 1. The second-order valence-electron chi connectivity index (χ2n) is 4.20. The molecule has 0 N–H and O–H groups in total. The zero-order valence-electron chi connectivity index (χ0n) is 10.7. The lowest BCUT2D eigenvalue weighted by molar-refractivity contribution is 0.804. The molecule has 0 aliphatic rings. The fourth-order valence-corrected chi connectivity index (χ4v) is 2.51. The van der Waals surface area contributed by atoms with Crippen molar-refractivity contribution in [2.45, 2.75) is 33.1 Å². The number of aryl methyl sites for hydroxylation is 1. The SMILES string of the molecule is CCc1c(C)nn(-c2ncc(CCl)cc2Cl)c1C. The molecule has 96 valence electrons. The van der Waals surface area contributed by atoms with Crippen LogP contribution in [0.15, 0.2) is 12.3 Å². The number of aromatic nitrogens is 3. The lowest BCUT2D eigenvalue weighted by atomic mass is 10.1. The molecule has 0 bridgehead atoms. The van der Waals surface area contributed by atoms with Gasteiger partial charge in [0.2, 0.25) is 0 Å². The molecule has 2 aromatic heterocycles. The van der Waals surface area contributed by atoms with Crippen LogP contribution in [0, 0.1) is 13.8 Å². The Morgan fingerprint density at radius 1 is 1.33 bits per heavy atom. The smallest absolute Gasteiger partial charge is 0.172 e. The fraction of sp³-hybridized carbons (Fsp3) is 0.385. The van der Waals surface area contributed by atoms with E-state index in [0.717, 1.165) is 23.4 Å². The molecule has 3 nitrogen and oxygen atoms in total. The highest BCUT2D eigenvalue weighted by Crippen LogP contribution is 2.23. The third kappa shape index (κ3) is 2.25. The van der Waals surface area contributed by atoms with Crippen LogP contribution in [0.2, 0.25) is 5.02 Å². The molecule has 0 unspecified atom stereocenters. The zero-order valence-corrected chi connectivity index (χ0v) is 12.2. The minimum Gasteiger partial charge on any atom is -0.235 e. The van der Waals surface area contributed by atoms with E-state index in [2.05, 4.69) is 17.0 Å². The van der Waals surface area contributed by atoms with Crippen LogP contribution in [0.4, 0.5) is 0 Å². The van der Waals surface area contributed by atoms with E-state index in [0.29, 0.717) is 16.7 Å². The van der Waals surface area contributed by atoms with Crippen LogP contribution in [-0.2, 0) is 12.3 Å². The van der Waals surface area contributed by atoms with Crippen molar-refractivity contribution in [2.24, 2.45) is 0 Å². The molecule has 0 aliphatic heterocycles. The molecular formula is C13H15Cl2N3. The Bertz CT molecular complexity index is 576. The summed E-state index contributed by atoms with van der Waals surface area (Å²) in [4.78, 5) is 4.35. The molecule has 0 spiro atoms. The minimum absolute atomic E-state index is 0.407. The summed E-state index contributed by atoms with van der Waals surface area (Å²) in [6, 6.07) is 1.83. The molecule has 0 saturated heterocycles. The molecule has 0 amide bonds. The molecule has 0 aliphatic carbocycles. The van der Waals surface area contributed by atoms with Gasteiger partial charge >= 0.3 is 0 Å². The van der Waals surface area contributed by atoms with Crippen LogP contribution in [0.5, 0.6) is 0 Å². The lowest BCUT2D eigenvalue weighted by Crippen LogP contribution is -2.03. The van der Waals surface area contributed by atoms with E-state index >= 15 is 0 Å². The summed E-state index contributed by atoms with van der Waals surface area (Å²) in [5.74, 6) is 1.07. The second kappa shape index (κ2) is 5.29. The van der Waals surface area contributed by atoms with Crippen LogP contribution < -0.4 is 0 Å². The van der Waals surface area contributed by atoms with Gasteiger partial charge in [-0.1, -0.05) is 18.5 Å². The Hall–Kier alpha value is -1.06. The molecule has 0 aromatic carbocycles. The van der Waals surface area contributed by atoms with Crippen molar-refractivity contribution in [1.29, 1.82) is 0 Å². The Kier molecular flexibility index (Phi) is 3.93. The molecule has 0 fully saturated rings. The average Bonchev–Trinajstić information content (AvgIpc) is 2.64. The van der Waals surface area contributed by atoms with E-state index < -0.39 is 0 Å². The Morgan fingerprint density at radius 3 is 2.56 bits per heavy atom. The van der Waals surface area contributed by atoms with E-state index in [1.807, 2.05) is 19.9 Å². The summed E-state index contributed by atoms with van der Waals surface area (Å²) >= 11 is 12.0. The van der Waals surface area contributed by atoms with Gasteiger partial charge in [0.05, 0.1) is 10.7 Å². The highest BCUT2D eigenvalue weighted by atomic mass is 35.5. The Morgan fingerprint density at radius 2 is 2.06 bits per heavy atom. The minimum atomic E-state index is 0.407. The normalized spacial score (nSPS) is 10.9. The first kappa shape index (κ1) is 13.4. The van der Waals surface area contributed by atoms with Crippen LogP contribution in [0.1, 0.15) is 29.4 Å². The van der Waals surface area contributed by atoms with Gasteiger partial charge in [-0.15, -0.1) is 11.6 Å². The first-order chi connectivity index (χ1) is 8.58. The monoisotopic (exact) mass is 283 g/mol. The highest BCUT2D eigenvalue weighted by Gasteiger charge is 2.14. The standard InChI is InChI=1S/C13H15Cl2N3/c1-4-11-8(2)17-18(9(11)3)13-12(15)5-10(6-14)7-16-13/h5,7H,4,6H2,1-3H3. The second-order valence-corrected chi connectivity index (χ2v) is 4.87. The molecule has 18 heavy (non-hydrogen) atoms. The van der Waals surface area contributed by atoms with Crippen molar-refractivity contribution in [3.05, 3.63) is 39.8 Å². The maximum atomic E-state index is 6.24. The molecular weight excluding hydrogens is 269 g/mol. The highest BCUT2D eigenvalue weighted by molar-refractivity contribution is 6.32. The van der Waals surface area contributed by atoms with Gasteiger partial charge in [0.15, 0.2) is 5.82 Å². The number of rotatable bonds is 3. The Balaban J connectivity index is 2.55. The third-order valence-electron chi connectivity index (χ3n) is 3.03. The average molecular weight is 284 g/mol. The third-order valence-corrected chi connectivity index (χ3v) is 3.61. The summed E-state index contributed by atoms with van der Waals surface area (Å²) in [5.41, 5.74) is 4.26. The van der Waals surface area contributed by atoms with Gasteiger partial charge in [-0.3, -0.25) is 0 Å². The molecule has 2 heterocycles. The number of nitrogens with zero attached hydrogens (tertiary/aromatic N) is 3.